The van der Waals surface area contributed by atoms with Crippen molar-refractivity contribution in [1.29, 1.82) is 0 Å². The SMILES string of the molecule is Cc1ccc2oc(-c3cc(F)c(F)cc3N)nc2n1. The van der Waals surface area contributed by atoms with Gasteiger partial charge in [-0.2, -0.15) is 4.98 Å². The van der Waals surface area contributed by atoms with E-state index in [2.05, 4.69) is 9.97 Å². The quantitative estimate of drug-likeness (QED) is 0.684. The average Bonchev–Trinajstić information content (AvgIpc) is 2.76. The van der Waals surface area contributed by atoms with Gasteiger partial charge in [0.1, 0.15) is 0 Å². The van der Waals surface area contributed by atoms with Crippen molar-refractivity contribution in [2.45, 2.75) is 6.92 Å². The summed E-state index contributed by atoms with van der Waals surface area (Å²) >= 11 is 0. The molecule has 2 heterocycles. The van der Waals surface area contributed by atoms with E-state index >= 15 is 0 Å². The summed E-state index contributed by atoms with van der Waals surface area (Å²) in [5.41, 5.74) is 7.56. The van der Waals surface area contributed by atoms with Gasteiger partial charge >= 0.3 is 0 Å². The van der Waals surface area contributed by atoms with Crippen LogP contribution in [0, 0.1) is 18.6 Å². The fourth-order valence-corrected chi connectivity index (χ4v) is 1.78. The molecule has 0 fully saturated rings. The van der Waals surface area contributed by atoms with Crippen molar-refractivity contribution in [3.8, 4) is 11.5 Å². The summed E-state index contributed by atoms with van der Waals surface area (Å²) in [5, 5.41) is 0. The van der Waals surface area contributed by atoms with E-state index in [1.807, 2.05) is 6.92 Å². The largest absolute Gasteiger partial charge is 0.434 e. The van der Waals surface area contributed by atoms with Crippen LogP contribution in [-0.4, -0.2) is 9.97 Å². The van der Waals surface area contributed by atoms with Crippen LogP contribution < -0.4 is 5.73 Å². The number of hydrogen-bond acceptors (Lipinski definition) is 4. The van der Waals surface area contributed by atoms with E-state index in [1.165, 1.54) is 0 Å². The highest BCUT2D eigenvalue weighted by molar-refractivity contribution is 5.77. The summed E-state index contributed by atoms with van der Waals surface area (Å²) in [6.07, 6.45) is 0. The minimum absolute atomic E-state index is 0.0576. The molecule has 0 amide bonds. The van der Waals surface area contributed by atoms with Crippen LogP contribution in [0.3, 0.4) is 0 Å². The van der Waals surface area contributed by atoms with Gasteiger partial charge in [-0.15, -0.1) is 0 Å². The predicted octanol–water partition coefficient (Wildman–Crippen LogP) is 3.06. The highest BCUT2D eigenvalue weighted by atomic mass is 19.2. The Morgan fingerprint density at radius 2 is 1.84 bits per heavy atom. The molecule has 0 unspecified atom stereocenters. The number of halogens is 2. The highest BCUT2D eigenvalue weighted by Crippen LogP contribution is 2.29. The van der Waals surface area contributed by atoms with Crippen LogP contribution in [0.15, 0.2) is 28.7 Å². The number of pyridine rings is 1. The van der Waals surface area contributed by atoms with Crippen LogP contribution in [0.25, 0.3) is 22.7 Å². The molecule has 2 N–H and O–H groups in total. The van der Waals surface area contributed by atoms with Crippen molar-refractivity contribution < 1.29 is 13.2 Å². The van der Waals surface area contributed by atoms with Gasteiger partial charge in [-0.1, -0.05) is 0 Å². The van der Waals surface area contributed by atoms with Gasteiger partial charge in [-0.25, -0.2) is 13.8 Å². The third-order valence-corrected chi connectivity index (χ3v) is 2.72. The second kappa shape index (κ2) is 4.01. The monoisotopic (exact) mass is 261 g/mol. The van der Waals surface area contributed by atoms with Crippen LogP contribution >= 0.6 is 0 Å². The van der Waals surface area contributed by atoms with E-state index in [4.69, 9.17) is 10.2 Å². The Labute approximate surface area is 106 Å². The highest BCUT2D eigenvalue weighted by Gasteiger charge is 2.15. The molecule has 96 valence electrons. The number of aromatic nitrogens is 2. The van der Waals surface area contributed by atoms with E-state index in [9.17, 15) is 8.78 Å². The second-order valence-electron chi connectivity index (χ2n) is 4.15. The Morgan fingerprint density at radius 3 is 2.63 bits per heavy atom. The Morgan fingerprint density at radius 1 is 1.11 bits per heavy atom. The third kappa shape index (κ3) is 1.91. The maximum atomic E-state index is 13.2. The summed E-state index contributed by atoms with van der Waals surface area (Å²) in [6.45, 7) is 1.82. The van der Waals surface area contributed by atoms with Crippen molar-refractivity contribution in [2.24, 2.45) is 0 Å². The number of benzene rings is 1. The van der Waals surface area contributed by atoms with Crippen LogP contribution in [0.5, 0.6) is 0 Å². The van der Waals surface area contributed by atoms with E-state index in [-0.39, 0.29) is 17.1 Å². The first-order chi connectivity index (χ1) is 9.04. The third-order valence-electron chi connectivity index (χ3n) is 2.72. The molecule has 4 nitrogen and oxygen atoms in total. The molecule has 0 atom stereocenters. The standard InChI is InChI=1S/C13H9F2N3O/c1-6-2-3-11-12(17-6)18-13(19-11)7-4-8(14)9(15)5-10(7)16/h2-5H,16H2,1H3. The molecule has 0 saturated heterocycles. The zero-order chi connectivity index (χ0) is 13.6. The lowest BCUT2D eigenvalue weighted by atomic mass is 10.1. The fourth-order valence-electron chi connectivity index (χ4n) is 1.78. The Balaban J connectivity index is 2.21. The lowest BCUT2D eigenvalue weighted by Gasteiger charge is -2.01. The van der Waals surface area contributed by atoms with Crippen molar-refractivity contribution >= 4 is 16.9 Å². The van der Waals surface area contributed by atoms with Crippen LogP contribution in [0.4, 0.5) is 14.5 Å². The first kappa shape index (κ1) is 11.6. The van der Waals surface area contributed by atoms with E-state index in [0.717, 1.165) is 17.8 Å². The molecule has 0 aliphatic heterocycles. The van der Waals surface area contributed by atoms with Crippen LogP contribution in [0.2, 0.25) is 0 Å². The molecule has 6 heteroatoms. The zero-order valence-electron chi connectivity index (χ0n) is 9.95. The molecule has 3 aromatic rings. The summed E-state index contributed by atoms with van der Waals surface area (Å²) in [4.78, 5) is 8.31. The van der Waals surface area contributed by atoms with Crippen molar-refractivity contribution in [3.63, 3.8) is 0 Å². The molecule has 3 rings (SSSR count). The van der Waals surface area contributed by atoms with Crippen molar-refractivity contribution in [3.05, 3.63) is 41.6 Å². The zero-order valence-corrected chi connectivity index (χ0v) is 9.95. The van der Waals surface area contributed by atoms with Gasteiger partial charge in [-0.3, -0.25) is 0 Å². The summed E-state index contributed by atoms with van der Waals surface area (Å²) < 4.78 is 31.7. The van der Waals surface area contributed by atoms with Gasteiger partial charge in [0.25, 0.3) is 0 Å². The molecule has 0 radical (unpaired) electrons. The Hall–Kier alpha value is -2.50. The number of hydrogen-bond donors (Lipinski definition) is 1. The molecule has 2 aromatic heterocycles. The molecule has 19 heavy (non-hydrogen) atoms. The molecule has 0 aliphatic carbocycles. The number of fused-ring (bicyclic) bond motifs is 1. The number of nitrogen functional groups attached to an aromatic ring is 1. The number of rotatable bonds is 1. The first-order valence-electron chi connectivity index (χ1n) is 5.53. The Bertz CT molecular complexity index is 783. The topological polar surface area (TPSA) is 64.9 Å². The van der Waals surface area contributed by atoms with Gasteiger partial charge in [0, 0.05) is 17.4 Å². The Kier molecular flexibility index (Phi) is 2.45. The van der Waals surface area contributed by atoms with Gasteiger partial charge in [-0.05, 0) is 25.1 Å². The molecule has 0 bridgehead atoms. The van der Waals surface area contributed by atoms with Crippen LogP contribution in [-0.2, 0) is 0 Å². The number of nitrogens with two attached hydrogens (primary N) is 1. The van der Waals surface area contributed by atoms with Crippen LogP contribution in [0.1, 0.15) is 5.69 Å². The predicted molar refractivity (Wildman–Crippen MR) is 66.3 cm³/mol. The minimum atomic E-state index is -1.01. The smallest absolute Gasteiger partial charge is 0.231 e. The van der Waals surface area contributed by atoms with Gasteiger partial charge in [0.05, 0.1) is 5.56 Å². The lowest BCUT2D eigenvalue weighted by molar-refractivity contribution is 0.508. The number of anilines is 1. The molecule has 0 aliphatic rings. The normalized spacial score (nSPS) is 11.1. The molecule has 1 aromatic carbocycles. The molecule has 0 saturated carbocycles. The summed E-state index contributed by atoms with van der Waals surface area (Å²) in [7, 11) is 0. The molecule has 0 spiro atoms. The van der Waals surface area contributed by atoms with Gasteiger partial charge in [0.15, 0.2) is 22.9 Å². The average molecular weight is 261 g/mol. The maximum absolute atomic E-state index is 13.2. The second-order valence-corrected chi connectivity index (χ2v) is 4.15. The fraction of sp³-hybridized carbons (Fsp3) is 0.0769. The summed E-state index contributed by atoms with van der Waals surface area (Å²) in [5.74, 6) is -1.90. The van der Waals surface area contributed by atoms with E-state index in [1.54, 1.807) is 12.1 Å². The van der Waals surface area contributed by atoms with E-state index < -0.39 is 11.6 Å². The number of nitrogens with zero attached hydrogens (tertiary/aromatic N) is 2. The number of aryl methyl sites for hydroxylation is 1. The first-order valence-corrected chi connectivity index (χ1v) is 5.53. The molecular weight excluding hydrogens is 252 g/mol. The van der Waals surface area contributed by atoms with Crippen molar-refractivity contribution in [2.75, 3.05) is 5.73 Å². The summed E-state index contributed by atoms with van der Waals surface area (Å²) in [6, 6.07) is 5.34. The number of oxazole rings is 1. The minimum Gasteiger partial charge on any atom is -0.434 e. The van der Waals surface area contributed by atoms with Gasteiger partial charge in [0.2, 0.25) is 5.89 Å². The lowest BCUT2D eigenvalue weighted by Crippen LogP contribution is -1.94. The molecular formula is C13H9F2N3O. The van der Waals surface area contributed by atoms with Crippen molar-refractivity contribution in [1.82, 2.24) is 9.97 Å². The van der Waals surface area contributed by atoms with E-state index in [0.29, 0.717) is 11.2 Å². The van der Waals surface area contributed by atoms with Gasteiger partial charge < -0.3 is 10.2 Å². The maximum Gasteiger partial charge on any atom is 0.231 e.